The molecule has 0 spiro atoms. The molecular formula is C19H21F3O8S. The molecule has 1 aromatic rings. The third-order valence-electron chi connectivity index (χ3n) is 4.81. The molecule has 2 rings (SSSR count). The largest absolute Gasteiger partial charge is 0.534 e. The summed E-state index contributed by atoms with van der Waals surface area (Å²) in [5, 5.41) is 9.03. The van der Waals surface area contributed by atoms with E-state index in [9.17, 15) is 31.2 Å². The number of methoxy groups -OCH3 is 1. The lowest BCUT2D eigenvalue weighted by atomic mass is 9.94. The van der Waals surface area contributed by atoms with E-state index >= 15 is 0 Å². The zero-order valence-electron chi connectivity index (χ0n) is 17.1. The maximum Gasteiger partial charge on any atom is 0.534 e. The Morgan fingerprint density at radius 2 is 1.94 bits per heavy atom. The van der Waals surface area contributed by atoms with Crippen LogP contribution in [0.3, 0.4) is 0 Å². The van der Waals surface area contributed by atoms with Crippen molar-refractivity contribution in [2.75, 3.05) is 7.11 Å². The van der Waals surface area contributed by atoms with Crippen LogP contribution in [0.4, 0.5) is 13.2 Å². The first kappa shape index (κ1) is 24.5. The van der Waals surface area contributed by atoms with E-state index in [0.29, 0.717) is 11.1 Å². The monoisotopic (exact) mass is 466 g/mol. The van der Waals surface area contributed by atoms with Gasteiger partial charge in [0.15, 0.2) is 5.75 Å². The number of benzene rings is 1. The molecule has 12 heteroatoms. The van der Waals surface area contributed by atoms with E-state index in [4.69, 9.17) is 14.6 Å². The summed E-state index contributed by atoms with van der Waals surface area (Å²) in [5.74, 6) is -3.53. The Morgan fingerprint density at radius 3 is 2.45 bits per heavy atom. The molecule has 1 aliphatic heterocycles. The molecule has 0 fully saturated rings. The molecule has 0 unspecified atom stereocenters. The van der Waals surface area contributed by atoms with Gasteiger partial charge < -0.3 is 18.8 Å². The molecule has 0 radical (unpaired) electrons. The predicted octanol–water partition coefficient (Wildman–Crippen LogP) is 3.50. The number of carboxylic acids is 1. The van der Waals surface area contributed by atoms with Crippen LogP contribution in [0.1, 0.15) is 47.3 Å². The van der Waals surface area contributed by atoms with Crippen molar-refractivity contribution in [1.82, 2.24) is 0 Å². The Labute approximate surface area is 176 Å². The number of allylic oxidation sites excluding steroid dienone is 2. The van der Waals surface area contributed by atoms with Crippen LogP contribution in [0.2, 0.25) is 0 Å². The summed E-state index contributed by atoms with van der Waals surface area (Å²) in [4.78, 5) is 23.2. The van der Waals surface area contributed by atoms with Crippen molar-refractivity contribution in [3.8, 4) is 11.5 Å². The Balaban J connectivity index is 2.66. The van der Waals surface area contributed by atoms with Crippen molar-refractivity contribution in [2.45, 2.75) is 45.7 Å². The SMILES string of the molecule is COc1c(C)c2c(c(OS(=O)(=O)C(F)(F)F)c1CC=C(C)C[C@@H](C)C(=O)O)C(=O)OC2. The van der Waals surface area contributed by atoms with Gasteiger partial charge in [-0.25, -0.2) is 4.79 Å². The molecular weight excluding hydrogens is 445 g/mol. The van der Waals surface area contributed by atoms with Crippen LogP contribution in [-0.2, 0) is 32.7 Å². The maximum atomic E-state index is 13.0. The lowest BCUT2D eigenvalue weighted by Crippen LogP contribution is -2.29. The number of hydrogen-bond donors (Lipinski definition) is 1. The van der Waals surface area contributed by atoms with Crippen LogP contribution >= 0.6 is 0 Å². The summed E-state index contributed by atoms with van der Waals surface area (Å²) < 4.78 is 76.9. The van der Waals surface area contributed by atoms with Crippen molar-refractivity contribution >= 4 is 22.1 Å². The van der Waals surface area contributed by atoms with Gasteiger partial charge in [-0.1, -0.05) is 18.6 Å². The summed E-state index contributed by atoms with van der Waals surface area (Å²) in [6, 6.07) is 0. The number of carboxylic acid groups (broad SMARTS) is 1. The zero-order chi connectivity index (χ0) is 23.7. The van der Waals surface area contributed by atoms with Crippen LogP contribution in [0.25, 0.3) is 0 Å². The molecule has 1 N–H and O–H groups in total. The van der Waals surface area contributed by atoms with Gasteiger partial charge in [0.05, 0.1) is 13.0 Å². The quantitative estimate of drug-likeness (QED) is 0.268. The number of aliphatic carboxylic acids is 1. The number of fused-ring (bicyclic) bond motifs is 1. The van der Waals surface area contributed by atoms with E-state index in [1.54, 1.807) is 13.8 Å². The highest BCUT2D eigenvalue weighted by Crippen LogP contribution is 2.44. The molecule has 1 heterocycles. The molecule has 1 aliphatic rings. The molecule has 31 heavy (non-hydrogen) atoms. The van der Waals surface area contributed by atoms with Gasteiger partial charge in [0.1, 0.15) is 17.9 Å². The third kappa shape index (κ3) is 4.94. The normalized spacial score (nSPS) is 15.3. The number of cyclic esters (lactones) is 1. The highest BCUT2D eigenvalue weighted by Gasteiger charge is 2.50. The van der Waals surface area contributed by atoms with Crippen LogP contribution in [0.5, 0.6) is 11.5 Å². The summed E-state index contributed by atoms with van der Waals surface area (Å²) >= 11 is 0. The van der Waals surface area contributed by atoms with Gasteiger partial charge >= 0.3 is 27.6 Å². The standard InChI is InChI=1S/C19H21F3O8S/c1-9(7-10(2)17(23)24)5-6-12-15(28-4)11(3)13-8-29-18(25)14(13)16(12)30-31(26,27)19(20,21)22/h5,10H,6-8H2,1-4H3,(H,23,24)/t10-/m1/s1. The molecule has 8 nitrogen and oxygen atoms in total. The van der Waals surface area contributed by atoms with Gasteiger partial charge in [0.25, 0.3) is 0 Å². The fourth-order valence-corrected chi connectivity index (χ4v) is 3.69. The first-order chi connectivity index (χ1) is 14.2. The highest BCUT2D eigenvalue weighted by molar-refractivity contribution is 7.88. The van der Waals surface area contributed by atoms with Gasteiger partial charge in [0, 0.05) is 11.1 Å². The minimum atomic E-state index is -6.09. The lowest BCUT2D eigenvalue weighted by Gasteiger charge is -2.19. The molecule has 172 valence electrons. The number of ether oxygens (including phenoxy) is 2. The Hall–Kier alpha value is -2.76. The molecule has 1 atom stereocenters. The van der Waals surface area contributed by atoms with Crippen molar-refractivity contribution in [1.29, 1.82) is 0 Å². The Bertz CT molecular complexity index is 1040. The minimum Gasteiger partial charge on any atom is -0.496 e. The fourth-order valence-electron chi connectivity index (χ4n) is 3.19. The number of carbonyl (C=O) groups excluding carboxylic acids is 1. The number of esters is 1. The predicted molar refractivity (Wildman–Crippen MR) is 101 cm³/mol. The summed E-state index contributed by atoms with van der Waals surface area (Å²) in [5.41, 5.74) is -5.10. The van der Waals surface area contributed by atoms with Gasteiger partial charge in [0.2, 0.25) is 0 Å². The van der Waals surface area contributed by atoms with Gasteiger partial charge in [-0.15, -0.1) is 0 Å². The Kier molecular flexibility index (Phi) is 6.94. The average Bonchev–Trinajstić information content (AvgIpc) is 3.03. The highest BCUT2D eigenvalue weighted by atomic mass is 32.2. The molecule has 0 bridgehead atoms. The number of alkyl halides is 3. The van der Waals surface area contributed by atoms with Crippen LogP contribution in [0, 0.1) is 12.8 Å². The third-order valence-corrected chi connectivity index (χ3v) is 5.76. The molecule has 0 saturated heterocycles. The lowest BCUT2D eigenvalue weighted by molar-refractivity contribution is -0.141. The van der Waals surface area contributed by atoms with Gasteiger partial charge in [-0.2, -0.15) is 21.6 Å². The summed E-state index contributed by atoms with van der Waals surface area (Å²) in [6.07, 6.45) is 1.49. The first-order valence-corrected chi connectivity index (χ1v) is 10.4. The van der Waals surface area contributed by atoms with Crippen molar-refractivity contribution in [2.24, 2.45) is 5.92 Å². The van der Waals surface area contributed by atoms with Crippen LogP contribution in [-0.4, -0.2) is 38.1 Å². The first-order valence-electron chi connectivity index (χ1n) is 8.99. The van der Waals surface area contributed by atoms with E-state index in [1.807, 2.05) is 0 Å². The Morgan fingerprint density at radius 1 is 1.32 bits per heavy atom. The molecule has 1 aromatic carbocycles. The van der Waals surface area contributed by atoms with E-state index in [2.05, 4.69) is 4.18 Å². The van der Waals surface area contributed by atoms with E-state index < -0.39 is 44.8 Å². The summed E-state index contributed by atoms with van der Waals surface area (Å²) in [6.45, 7) is 4.38. The number of rotatable bonds is 8. The molecule has 0 aliphatic carbocycles. The second kappa shape index (κ2) is 8.77. The van der Waals surface area contributed by atoms with Crippen LogP contribution < -0.4 is 8.92 Å². The second-order valence-electron chi connectivity index (χ2n) is 7.08. The molecule has 0 saturated carbocycles. The zero-order valence-corrected chi connectivity index (χ0v) is 17.9. The minimum absolute atomic E-state index is 0.0414. The number of halogens is 3. The van der Waals surface area contributed by atoms with Crippen molar-refractivity contribution < 1.29 is 49.9 Å². The molecule has 0 aromatic heterocycles. The van der Waals surface area contributed by atoms with Crippen LogP contribution in [0.15, 0.2) is 11.6 Å². The van der Waals surface area contributed by atoms with Crippen molar-refractivity contribution in [3.63, 3.8) is 0 Å². The molecule has 0 amide bonds. The van der Waals surface area contributed by atoms with E-state index in [1.165, 1.54) is 20.1 Å². The average molecular weight is 466 g/mol. The topological polar surface area (TPSA) is 116 Å². The van der Waals surface area contributed by atoms with Gasteiger partial charge in [-0.3, -0.25) is 4.79 Å². The van der Waals surface area contributed by atoms with E-state index in [0.717, 1.165) is 0 Å². The van der Waals surface area contributed by atoms with E-state index in [-0.39, 0.29) is 36.3 Å². The van der Waals surface area contributed by atoms with Gasteiger partial charge in [-0.05, 0) is 32.3 Å². The number of carbonyl (C=O) groups is 2. The maximum absolute atomic E-state index is 13.0. The fraction of sp³-hybridized carbons (Fsp3) is 0.474. The summed E-state index contributed by atoms with van der Waals surface area (Å²) in [7, 11) is -4.85. The number of hydrogen-bond acceptors (Lipinski definition) is 7. The second-order valence-corrected chi connectivity index (χ2v) is 8.61. The smallest absolute Gasteiger partial charge is 0.496 e. The van der Waals surface area contributed by atoms with Crippen molar-refractivity contribution in [3.05, 3.63) is 33.9 Å².